The number of nitrogens with one attached hydrogen (secondary N) is 3. The van der Waals surface area contributed by atoms with Gasteiger partial charge in [-0.2, -0.15) is 0 Å². The summed E-state index contributed by atoms with van der Waals surface area (Å²) in [6, 6.07) is 18.7. The molecule has 0 bridgehead atoms. The number of aliphatic carboxylic acids is 1. The van der Waals surface area contributed by atoms with Crippen molar-refractivity contribution in [1.82, 2.24) is 15.6 Å². The van der Waals surface area contributed by atoms with Crippen molar-refractivity contribution >= 4 is 23.6 Å². The number of fused-ring (bicyclic) bond motifs is 1. The average Bonchev–Trinajstić information content (AvgIpc) is 2.95. The first-order valence-corrected chi connectivity index (χ1v) is 13.3. The van der Waals surface area contributed by atoms with Crippen LogP contribution in [0.25, 0.3) is 0 Å². The van der Waals surface area contributed by atoms with E-state index in [2.05, 4.69) is 33.1 Å². The van der Waals surface area contributed by atoms with Crippen molar-refractivity contribution in [3.05, 3.63) is 83.6 Å². The number of carboxylic acids is 1. The molecule has 4 N–H and O–H groups in total. The number of carboxylic acid groups (broad SMARTS) is 1. The van der Waals surface area contributed by atoms with E-state index in [-0.39, 0.29) is 24.4 Å². The number of anilines is 1. The van der Waals surface area contributed by atoms with E-state index in [1.165, 1.54) is 5.56 Å². The van der Waals surface area contributed by atoms with Gasteiger partial charge in [0.25, 0.3) is 5.91 Å². The third-order valence-electron chi connectivity index (χ3n) is 6.47. The van der Waals surface area contributed by atoms with Crippen molar-refractivity contribution in [1.29, 1.82) is 0 Å². The van der Waals surface area contributed by atoms with Gasteiger partial charge in [-0.25, -0.2) is 9.78 Å². The van der Waals surface area contributed by atoms with Gasteiger partial charge in [0, 0.05) is 30.8 Å². The summed E-state index contributed by atoms with van der Waals surface area (Å²) in [6.45, 7) is 1.10. The summed E-state index contributed by atoms with van der Waals surface area (Å²) >= 11 is 0. The number of carbonyl (C=O) groups is 3. The maximum atomic E-state index is 12.7. The van der Waals surface area contributed by atoms with Gasteiger partial charge in [0.2, 0.25) is 5.91 Å². The number of hydrogen-bond donors (Lipinski definition) is 4. The molecule has 1 aliphatic rings. The Labute approximate surface area is 228 Å². The molecule has 2 amide bonds. The number of hydrogen-bond acceptors (Lipinski definition) is 6. The minimum atomic E-state index is -1.17. The summed E-state index contributed by atoms with van der Waals surface area (Å²) in [5.74, 6) is 0.231. The quantitative estimate of drug-likeness (QED) is 0.242. The van der Waals surface area contributed by atoms with Gasteiger partial charge in [-0.15, -0.1) is 0 Å². The zero-order valence-corrected chi connectivity index (χ0v) is 21.8. The van der Waals surface area contributed by atoms with E-state index in [0.717, 1.165) is 43.7 Å². The van der Waals surface area contributed by atoms with Gasteiger partial charge < -0.3 is 25.8 Å². The molecule has 2 heterocycles. The van der Waals surface area contributed by atoms with Gasteiger partial charge in [-0.3, -0.25) is 9.59 Å². The first kappa shape index (κ1) is 27.6. The lowest BCUT2D eigenvalue weighted by Crippen LogP contribution is -2.43. The average molecular weight is 531 g/mol. The number of amides is 2. The van der Waals surface area contributed by atoms with Crippen molar-refractivity contribution in [2.45, 2.75) is 51.0 Å². The third-order valence-corrected chi connectivity index (χ3v) is 6.47. The van der Waals surface area contributed by atoms with Crippen LogP contribution in [-0.4, -0.2) is 47.0 Å². The van der Waals surface area contributed by atoms with E-state index in [9.17, 15) is 19.5 Å². The van der Waals surface area contributed by atoms with Crippen LogP contribution < -0.4 is 20.7 Å². The smallest absolute Gasteiger partial charge is 0.326 e. The fourth-order valence-electron chi connectivity index (χ4n) is 4.37. The predicted octanol–water partition coefficient (Wildman–Crippen LogP) is 4.33. The van der Waals surface area contributed by atoms with E-state index in [1.54, 1.807) is 36.4 Å². The van der Waals surface area contributed by atoms with E-state index in [0.29, 0.717) is 24.3 Å². The van der Waals surface area contributed by atoms with E-state index in [1.807, 2.05) is 18.2 Å². The number of benzene rings is 2. The molecule has 0 spiro atoms. The minimum Gasteiger partial charge on any atom is -0.480 e. The molecule has 0 fully saturated rings. The standard InChI is InChI=1S/C30H34N4O5/c35-27(14-5-4-10-23-16-15-21-9-7-18-32-28(21)33-23)31-19-17-26(30(37)38)34-29(36)22-8-6-13-25(20-22)39-24-11-2-1-3-12-24/h1-3,6,8,11-13,15-16,20,26H,4-5,7,9-10,14,17-19H2,(H,31,35)(H,32,33)(H,34,36)(H,37,38). The van der Waals surface area contributed by atoms with Gasteiger partial charge in [-0.05, 0) is 80.5 Å². The third kappa shape index (κ3) is 8.56. The Hall–Kier alpha value is -4.40. The number of aromatic nitrogens is 1. The van der Waals surface area contributed by atoms with Gasteiger partial charge in [-0.1, -0.05) is 30.3 Å². The molecule has 0 aliphatic carbocycles. The van der Waals surface area contributed by atoms with Crippen LogP contribution in [0.15, 0.2) is 66.7 Å². The second-order valence-corrected chi connectivity index (χ2v) is 9.49. The highest BCUT2D eigenvalue weighted by Gasteiger charge is 2.21. The number of nitrogens with zero attached hydrogens (tertiary/aromatic N) is 1. The van der Waals surface area contributed by atoms with Crippen LogP contribution in [0.4, 0.5) is 5.82 Å². The molecule has 9 heteroatoms. The zero-order valence-electron chi connectivity index (χ0n) is 21.8. The Bertz CT molecular complexity index is 1280. The molecule has 0 radical (unpaired) electrons. The second kappa shape index (κ2) is 13.9. The molecule has 2 aromatic carbocycles. The highest BCUT2D eigenvalue weighted by molar-refractivity contribution is 5.96. The van der Waals surface area contributed by atoms with E-state index >= 15 is 0 Å². The lowest BCUT2D eigenvalue weighted by atomic mass is 10.1. The molecule has 39 heavy (non-hydrogen) atoms. The predicted molar refractivity (Wildman–Crippen MR) is 148 cm³/mol. The van der Waals surface area contributed by atoms with Crippen LogP contribution in [0.1, 0.15) is 53.7 Å². The molecular formula is C30H34N4O5. The number of ether oxygens (including phenoxy) is 1. The minimum absolute atomic E-state index is 0.0685. The molecule has 1 atom stereocenters. The van der Waals surface area contributed by atoms with E-state index in [4.69, 9.17) is 4.74 Å². The number of unbranched alkanes of at least 4 members (excludes halogenated alkanes) is 1. The Morgan fingerprint density at radius 3 is 2.64 bits per heavy atom. The Kier molecular flexibility index (Phi) is 9.88. The van der Waals surface area contributed by atoms with Crippen molar-refractivity contribution < 1.29 is 24.2 Å². The van der Waals surface area contributed by atoms with Crippen LogP contribution in [0.3, 0.4) is 0 Å². The molecule has 4 rings (SSSR count). The first-order valence-electron chi connectivity index (χ1n) is 13.3. The molecule has 0 saturated carbocycles. The zero-order chi connectivity index (χ0) is 27.5. The normalized spacial score (nSPS) is 12.9. The van der Waals surface area contributed by atoms with Crippen LogP contribution in [0, 0.1) is 0 Å². The maximum absolute atomic E-state index is 12.7. The number of carbonyl (C=O) groups excluding carboxylic acids is 2. The fourth-order valence-corrected chi connectivity index (χ4v) is 4.37. The summed E-state index contributed by atoms with van der Waals surface area (Å²) in [6.07, 6.45) is 4.94. The molecule has 1 aromatic heterocycles. The van der Waals surface area contributed by atoms with Crippen molar-refractivity contribution in [3.63, 3.8) is 0 Å². The van der Waals surface area contributed by atoms with Crippen molar-refractivity contribution in [2.75, 3.05) is 18.4 Å². The molecular weight excluding hydrogens is 496 g/mol. The van der Waals surface area contributed by atoms with E-state index < -0.39 is 17.9 Å². The van der Waals surface area contributed by atoms with Crippen molar-refractivity contribution in [2.24, 2.45) is 0 Å². The molecule has 9 nitrogen and oxygen atoms in total. The summed E-state index contributed by atoms with van der Waals surface area (Å²) in [4.78, 5) is 41.3. The van der Waals surface area contributed by atoms with Crippen LogP contribution >= 0.6 is 0 Å². The van der Waals surface area contributed by atoms with Crippen LogP contribution in [0.2, 0.25) is 0 Å². The van der Waals surface area contributed by atoms with Crippen LogP contribution in [0.5, 0.6) is 11.5 Å². The van der Waals surface area contributed by atoms with Gasteiger partial charge in [0.05, 0.1) is 0 Å². The van der Waals surface area contributed by atoms with Crippen LogP contribution in [-0.2, 0) is 22.4 Å². The Morgan fingerprint density at radius 2 is 1.82 bits per heavy atom. The summed E-state index contributed by atoms with van der Waals surface area (Å²) < 4.78 is 5.75. The largest absolute Gasteiger partial charge is 0.480 e. The van der Waals surface area contributed by atoms with Gasteiger partial charge in [0.15, 0.2) is 0 Å². The van der Waals surface area contributed by atoms with Gasteiger partial charge in [0.1, 0.15) is 23.4 Å². The summed E-state index contributed by atoms with van der Waals surface area (Å²) in [5, 5.41) is 18.2. The second-order valence-electron chi connectivity index (χ2n) is 9.49. The number of aryl methyl sites for hydroxylation is 2. The Balaban J connectivity index is 1.17. The number of rotatable bonds is 13. The number of pyridine rings is 1. The fraction of sp³-hybridized carbons (Fsp3) is 0.333. The van der Waals surface area contributed by atoms with Crippen molar-refractivity contribution in [3.8, 4) is 11.5 Å². The van der Waals surface area contributed by atoms with Gasteiger partial charge >= 0.3 is 5.97 Å². The Morgan fingerprint density at radius 1 is 1.00 bits per heavy atom. The summed E-state index contributed by atoms with van der Waals surface area (Å²) in [5.41, 5.74) is 2.55. The highest BCUT2D eigenvalue weighted by atomic mass is 16.5. The molecule has 1 unspecified atom stereocenters. The molecule has 204 valence electrons. The summed E-state index contributed by atoms with van der Waals surface area (Å²) in [7, 11) is 0. The molecule has 0 saturated heterocycles. The highest BCUT2D eigenvalue weighted by Crippen LogP contribution is 2.22. The topological polar surface area (TPSA) is 130 Å². The molecule has 3 aromatic rings. The SMILES string of the molecule is O=C(CCCCc1ccc2c(n1)NCCC2)NCCC(NC(=O)c1cccc(Oc2ccccc2)c1)C(=O)O. The maximum Gasteiger partial charge on any atom is 0.326 e. The number of para-hydroxylation sites is 1. The molecule has 1 aliphatic heterocycles. The lowest BCUT2D eigenvalue weighted by Gasteiger charge is -2.17. The monoisotopic (exact) mass is 530 g/mol. The first-order chi connectivity index (χ1) is 19.0. The lowest BCUT2D eigenvalue weighted by molar-refractivity contribution is -0.139.